The zero-order valence-electron chi connectivity index (χ0n) is 12.8. The fraction of sp³-hybridized carbons (Fsp3) is 0.211. The molecule has 0 atom stereocenters. The molecule has 2 N–H and O–H groups in total. The lowest BCUT2D eigenvalue weighted by molar-refractivity contribution is 0.0602. The molecular weight excluding hydrogens is 286 g/mol. The molecule has 1 saturated heterocycles. The number of nitrogens with zero attached hydrogens (tertiary/aromatic N) is 2. The fourth-order valence-electron chi connectivity index (χ4n) is 2.84. The van der Waals surface area contributed by atoms with E-state index >= 15 is 0 Å². The fourth-order valence-corrected chi connectivity index (χ4v) is 2.84. The average Bonchev–Trinajstić information content (AvgIpc) is 2.53. The molecule has 2 aromatic carbocycles. The van der Waals surface area contributed by atoms with Crippen LogP contribution < -0.4 is 5.73 Å². The van der Waals surface area contributed by atoms with Crippen molar-refractivity contribution < 1.29 is 4.79 Å². The molecule has 1 amide bonds. The minimum absolute atomic E-state index is 0.0171. The van der Waals surface area contributed by atoms with Gasteiger partial charge in [-0.1, -0.05) is 24.3 Å². The predicted octanol–water partition coefficient (Wildman–Crippen LogP) is 2.44. The van der Waals surface area contributed by atoms with Crippen LogP contribution in [0.4, 0.5) is 0 Å². The molecule has 1 aliphatic heterocycles. The van der Waals surface area contributed by atoms with E-state index in [9.17, 15) is 4.79 Å². The molecule has 4 nitrogen and oxygen atoms in total. The molecule has 0 aromatic heterocycles. The first-order valence-electron chi connectivity index (χ1n) is 7.56. The average molecular weight is 304 g/mol. The Morgan fingerprint density at radius 2 is 1.96 bits per heavy atom. The van der Waals surface area contributed by atoms with Crippen molar-refractivity contribution in [1.29, 1.82) is 5.26 Å². The van der Waals surface area contributed by atoms with Gasteiger partial charge in [-0.15, -0.1) is 0 Å². The van der Waals surface area contributed by atoms with Crippen LogP contribution in [-0.2, 0) is 6.54 Å². The first kappa shape index (κ1) is 15.3. The van der Waals surface area contributed by atoms with Crippen LogP contribution in [0.2, 0.25) is 0 Å². The molecule has 0 saturated carbocycles. The van der Waals surface area contributed by atoms with Crippen molar-refractivity contribution in [1.82, 2.24) is 4.90 Å². The molecule has 0 bridgehead atoms. The lowest BCUT2D eigenvalue weighted by atomic mass is 9.90. The number of likely N-dealkylation sites (tertiary alicyclic amines) is 1. The number of nitriles is 1. The van der Waals surface area contributed by atoms with Gasteiger partial charge in [0.05, 0.1) is 11.6 Å². The Labute approximate surface area is 136 Å². The zero-order valence-corrected chi connectivity index (χ0v) is 12.8. The van der Waals surface area contributed by atoms with Crippen molar-refractivity contribution in [2.75, 3.05) is 13.1 Å². The standard InChI is InChI=1S/C19H18N3O/c1-13-8-15(10-21)4-7-18(13)19(23)22-11-17(12-22)16-5-2-14(9-20)3-6-16/h2-8,17H,1,10-12,21H2. The molecule has 1 radical (unpaired) electrons. The summed E-state index contributed by atoms with van der Waals surface area (Å²) in [4.78, 5) is 14.4. The van der Waals surface area contributed by atoms with E-state index in [1.807, 2.05) is 47.4 Å². The number of nitrogens with two attached hydrogens (primary N) is 1. The second-order valence-electron chi connectivity index (χ2n) is 5.84. The molecule has 4 heteroatoms. The van der Waals surface area contributed by atoms with Crippen LogP contribution in [0.1, 0.15) is 38.5 Å². The van der Waals surface area contributed by atoms with Crippen molar-refractivity contribution in [3.8, 4) is 6.07 Å². The normalized spacial score (nSPS) is 14.2. The monoisotopic (exact) mass is 304 g/mol. The molecule has 1 fully saturated rings. The van der Waals surface area contributed by atoms with Crippen molar-refractivity contribution in [2.45, 2.75) is 12.5 Å². The molecular formula is C19H18N3O. The number of amides is 1. The largest absolute Gasteiger partial charge is 0.337 e. The van der Waals surface area contributed by atoms with E-state index in [4.69, 9.17) is 11.0 Å². The highest BCUT2D eigenvalue weighted by Crippen LogP contribution is 2.29. The molecule has 23 heavy (non-hydrogen) atoms. The van der Waals surface area contributed by atoms with Gasteiger partial charge in [0.25, 0.3) is 5.91 Å². The summed E-state index contributed by atoms with van der Waals surface area (Å²) in [6.45, 7) is 5.79. The lowest BCUT2D eigenvalue weighted by Gasteiger charge is -2.40. The van der Waals surface area contributed by atoms with E-state index in [0.29, 0.717) is 36.7 Å². The van der Waals surface area contributed by atoms with Gasteiger partial charge in [0.2, 0.25) is 0 Å². The van der Waals surface area contributed by atoms with Crippen molar-refractivity contribution in [3.05, 3.63) is 77.2 Å². The maximum Gasteiger partial charge on any atom is 0.254 e. The SMILES string of the molecule is [CH2]c1cc(CN)ccc1C(=O)N1CC(c2ccc(C#N)cc2)C1. The van der Waals surface area contributed by atoms with E-state index in [1.54, 1.807) is 0 Å². The Bertz CT molecular complexity index is 768. The quantitative estimate of drug-likeness (QED) is 0.947. The molecule has 0 spiro atoms. The number of benzene rings is 2. The third-order valence-electron chi connectivity index (χ3n) is 4.32. The van der Waals surface area contributed by atoms with Crippen LogP contribution in [0.3, 0.4) is 0 Å². The number of carbonyl (C=O) groups excluding carboxylic acids is 1. The van der Waals surface area contributed by atoms with Gasteiger partial charge in [0, 0.05) is 31.1 Å². The van der Waals surface area contributed by atoms with Gasteiger partial charge < -0.3 is 10.6 Å². The molecule has 1 aliphatic rings. The zero-order chi connectivity index (χ0) is 16.4. The van der Waals surface area contributed by atoms with E-state index in [0.717, 1.165) is 11.1 Å². The second kappa shape index (κ2) is 6.23. The van der Waals surface area contributed by atoms with Crippen LogP contribution in [0.15, 0.2) is 42.5 Å². The summed E-state index contributed by atoms with van der Waals surface area (Å²) < 4.78 is 0. The lowest BCUT2D eigenvalue weighted by Crippen LogP contribution is -2.48. The maximum atomic E-state index is 12.5. The van der Waals surface area contributed by atoms with Crippen LogP contribution in [0.25, 0.3) is 0 Å². The van der Waals surface area contributed by atoms with Gasteiger partial charge in [-0.3, -0.25) is 4.79 Å². The van der Waals surface area contributed by atoms with E-state index in [-0.39, 0.29) is 5.91 Å². The number of hydrogen-bond acceptors (Lipinski definition) is 3. The van der Waals surface area contributed by atoms with Gasteiger partial charge in [0.1, 0.15) is 0 Å². The molecule has 2 aromatic rings. The van der Waals surface area contributed by atoms with E-state index in [1.165, 1.54) is 5.56 Å². The minimum Gasteiger partial charge on any atom is -0.337 e. The van der Waals surface area contributed by atoms with Crippen molar-refractivity contribution in [3.63, 3.8) is 0 Å². The Morgan fingerprint density at radius 1 is 1.26 bits per heavy atom. The summed E-state index contributed by atoms with van der Waals surface area (Å²) >= 11 is 0. The van der Waals surface area contributed by atoms with Crippen molar-refractivity contribution in [2.24, 2.45) is 5.73 Å². The van der Waals surface area contributed by atoms with Gasteiger partial charge in [0.15, 0.2) is 0 Å². The second-order valence-corrected chi connectivity index (χ2v) is 5.84. The van der Waals surface area contributed by atoms with Crippen molar-refractivity contribution >= 4 is 5.91 Å². The summed E-state index contributed by atoms with van der Waals surface area (Å²) in [5.41, 5.74) is 9.76. The first-order chi connectivity index (χ1) is 11.1. The summed E-state index contributed by atoms with van der Waals surface area (Å²) in [7, 11) is 0. The molecule has 0 unspecified atom stereocenters. The third-order valence-corrected chi connectivity index (χ3v) is 4.32. The van der Waals surface area contributed by atoms with E-state index in [2.05, 4.69) is 13.0 Å². The Kier molecular flexibility index (Phi) is 4.14. The van der Waals surface area contributed by atoms with E-state index < -0.39 is 0 Å². The van der Waals surface area contributed by atoms with Crippen LogP contribution >= 0.6 is 0 Å². The van der Waals surface area contributed by atoms with Gasteiger partial charge in [-0.05, 0) is 41.8 Å². The van der Waals surface area contributed by atoms with Gasteiger partial charge in [-0.2, -0.15) is 5.26 Å². The molecule has 3 rings (SSSR count). The highest BCUT2D eigenvalue weighted by atomic mass is 16.2. The number of hydrogen-bond donors (Lipinski definition) is 1. The maximum absolute atomic E-state index is 12.5. The smallest absolute Gasteiger partial charge is 0.254 e. The first-order valence-corrected chi connectivity index (χ1v) is 7.56. The predicted molar refractivity (Wildman–Crippen MR) is 88.6 cm³/mol. The Balaban J connectivity index is 1.66. The minimum atomic E-state index is 0.0171. The molecule has 1 heterocycles. The number of carbonyl (C=O) groups is 1. The summed E-state index contributed by atoms with van der Waals surface area (Å²) in [6, 6.07) is 15.2. The topological polar surface area (TPSA) is 70.1 Å². The van der Waals surface area contributed by atoms with Gasteiger partial charge in [-0.25, -0.2) is 0 Å². The number of rotatable bonds is 3. The molecule has 115 valence electrons. The van der Waals surface area contributed by atoms with Crippen LogP contribution in [0.5, 0.6) is 0 Å². The molecule has 0 aliphatic carbocycles. The Morgan fingerprint density at radius 3 is 2.52 bits per heavy atom. The third kappa shape index (κ3) is 2.96. The highest BCUT2D eigenvalue weighted by Gasteiger charge is 2.32. The summed E-state index contributed by atoms with van der Waals surface area (Å²) in [5, 5.41) is 8.83. The highest BCUT2D eigenvalue weighted by molar-refractivity contribution is 5.96. The summed E-state index contributed by atoms with van der Waals surface area (Å²) in [6.07, 6.45) is 0. The Hall–Kier alpha value is -2.64. The summed E-state index contributed by atoms with van der Waals surface area (Å²) in [5.74, 6) is 0.353. The van der Waals surface area contributed by atoms with Crippen LogP contribution in [0, 0.1) is 18.3 Å². The van der Waals surface area contributed by atoms with Gasteiger partial charge >= 0.3 is 0 Å². The van der Waals surface area contributed by atoms with Crippen LogP contribution in [-0.4, -0.2) is 23.9 Å².